The number of hydrogen-bond donors (Lipinski definition) is 4. The van der Waals surface area contributed by atoms with Crippen LogP contribution >= 0.6 is 12.6 Å². The van der Waals surface area contributed by atoms with Gasteiger partial charge in [0.15, 0.2) is 0 Å². The fourth-order valence-corrected chi connectivity index (χ4v) is 6.77. The molecule has 0 spiro atoms. The summed E-state index contributed by atoms with van der Waals surface area (Å²) in [6, 6.07) is 0. The number of nitrogens with two attached hydrogens (primary N) is 1. The van der Waals surface area contributed by atoms with Crippen LogP contribution in [0.15, 0.2) is 69.9 Å². The van der Waals surface area contributed by atoms with E-state index in [-0.39, 0.29) is 11.0 Å². The van der Waals surface area contributed by atoms with Gasteiger partial charge in [-0.15, -0.1) is 12.6 Å². The van der Waals surface area contributed by atoms with E-state index in [1.165, 1.54) is 41.7 Å². The van der Waals surface area contributed by atoms with Crippen molar-refractivity contribution in [2.75, 3.05) is 20.3 Å². The Hall–Kier alpha value is -1.53. The number of rotatable bonds is 9. The summed E-state index contributed by atoms with van der Waals surface area (Å²) in [5, 5.41) is 6.21. The second-order valence-corrected chi connectivity index (χ2v) is 12.0. The van der Waals surface area contributed by atoms with Crippen molar-refractivity contribution in [3.63, 3.8) is 0 Å². The topological polar surface area (TPSA) is 53.3 Å². The van der Waals surface area contributed by atoms with E-state index in [2.05, 4.69) is 79.2 Å². The van der Waals surface area contributed by atoms with Gasteiger partial charge in [0, 0.05) is 35.7 Å². The average molecular weight is 495 g/mol. The fourth-order valence-electron chi connectivity index (χ4n) is 6.28. The predicted octanol–water partition coefficient (Wildman–Crippen LogP) is 6.30. The van der Waals surface area contributed by atoms with Crippen LogP contribution in [-0.2, 0) is 0 Å². The molecule has 0 bridgehead atoms. The van der Waals surface area contributed by atoms with Crippen LogP contribution in [0.1, 0.15) is 78.1 Å². The molecule has 1 fully saturated rings. The van der Waals surface area contributed by atoms with Gasteiger partial charge in [0.2, 0.25) is 0 Å². The molecule has 5 heteroatoms. The van der Waals surface area contributed by atoms with Gasteiger partial charge in [-0.3, -0.25) is 10.7 Å². The molecule has 0 radical (unpaired) electrons. The lowest BCUT2D eigenvalue weighted by Gasteiger charge is -2.52. The summed E-state index contributed by atoms with van der Waals surface area (Å²) in [6.07, 6.45) is 27.4. The summed E-state index contributed by atoms with van der Waals surface area (Å²) in [6.45, 7) is 6.73. The highest BCUT2D eigenvalue weighted by Gasteiger charge is 2.47. The minimum Gasteiger partial charge on any atom is -0.402 e. The first-order chi connectivity index (χ1) is 16.8. The molecular weight excluding hydrogens is 448 g/mol. The van der Waals surface area contributed by atoms with Crippen molar-refractivity contribution in [2.24, 2.45) is 17.1 Å². The summed E-state index contributed by atoms with van der Waals surface area (Å²) >= 11 is 4.88. The van der Waals surface area contributed by atoms with Crippen LogP contribution in [0.3, 0.4) is 0 Å². The van der Waals surface area contributed by atoms with Crippen LogP contribution < -0.4 is 16.5 Å². The maximum absolute atomic E-state index is 5.89. The minimum absolute atomic E-state index is 0.0685. The molecule has 4 aliphatic carbocycles. The summed E-state index contributed by atoms with van der Waals surface area (Å²) in [7, 11) is 2.15. The van der Waals surface area contributed by atoms with E-state index in [4.69, 9.17) is 18.4 Å². The normalized spacial score (nSPS) is 31.5. The highest BCUT2D eigenvalue weighted by Crippen LogP contribution is 2.53. The molecule has 192 valence electrons. The highest BCUT2D eigenvalue weighted by atomic mass is 32.1. The first kappa shape index (κ1) is 26.5. The van der Waals surface area contributed by atoms with Gasteiger partial charge in [0.1, 0.15) is 0 Å². The SMILES string of the molecule is CN(CNC1(C)CC[C@@](C)(C2=C(S)C=CCC2)CC1C1=CCCC=C1)NCCC1=CC=C(N)CC1. The third-order valence-electron chi connectivity index (χ3n) is 8.74. The van der Waals surface area contributed by atoms with Gasteiger partial charge < -0.3 is 5.73 Å². The Labute approximate surface area is 218 Å². The molecule has 0 heterocycles. The van der Waals surface area contributed by atoms with Crippen LogP contribution in [0.25, 0.3) is 0 Å². The maximum atomic E-state index is 5.89. The summed E-state index contributed by atoms with van der Waals surface area (Å²) < 4.78 is 0. The maximum Gasteiger partial charge on any atom is 0.0622 e. The van der Waals surface area contributed by atoms with Gasteiger partial charge in [-0.05, 0) is 88.2 Å². The van der Waals surface area contributed by atoms with Crippen molar-refractivity contribution < 1.29 is 0 Å². The smallest absolute Gasteiger partial charge is 0.0622 e. The third kappa shape index (κ3) is 6.62. The zero-order chi connectivity index (χ0) is 24.9. The van der Waals surface area contributed by atoms with Gasteiger partial charge in [-0.1, -0.05) is 54.5 Å². The van der Waals surface area contributed by atoms with E-state index in [1.807, 2.05) is 0 Å². The van der Waals surface area contributed by atoms with Gasteiger partial charge in [0.05, 0.1) is 6.67 Å². The van der Waals surface area contributed by atoms with E-state index >= 15 is 0 Å². The van der Waals surface area contributed by atoms with Gasteiger partial charge in [0.25, 0.3) is 0 Å². The van der Waals surface area contributed by atoms with E-state index in [9.17, 15) is 0 Å². The molecule has 0 aliphatic heterocycles. The molecule has 4 nitrogen and oxygen atoms in total. The number of thiol groups is 1. The van der Waals surface area contributed by atoms with Crippen LogP contribution in [0, 0.1) is 11.3 Å². The molecular formula is C30H46N4S. The van der Waals surface area contributed by atoms with E-state index in [0.717, 1.165) is 57.4 Å². The van der Waals surface area contributed by atoms with E-state index in [1.54, 1.807) is 5.57 Å². The summed E-state index contributed by atoms with van der Waals surface area (Å²) in [4.78, 5) is 1.21. The zero-order valence-corrected chi connectivity index (χ0v) is 23.0. The molecule has 0 saturated heterocycles. The van der Waals surface area contributed by atoms with Crippen molar-refractivity contribution in [2.45, 2.75) is 83.6 Å². The molecule has 0 aromatic carbocycles. The number of hydrazine groups is 1. The number of hydrogen-bond acceptors (Lipinski definition) is 5. The third-order valence-corrected chi connectivity index (χ3v) is 9.16. The number of nitrogens with zero attached hydrogens (tertiary/aromatic N) is 1. The lowest BCUT2D eigenvalue weighted by atomic mass is 9.57. The highest BCUT2D eigenvalue weighted by molar-refractivity contribution is 7.84. The molecule has 0 aromatic heterocycles. The van der Waals surface area contributed by atoms with Crippen LogP contribution in [0.2, 0.25) is 0 Å². The van der Waals surface area contributed by atoms with Gasteiger partial charge in [-0.2, -0.15) is 0 Å². The van der Waals surface area contributed by atoms with Crippen molar-refractivity contribution in [3.8, 4) is 0 Å². The molecule has 35 heavy (non-hydrogen) atoms. The fraction of sp³-hybridized carbons (Fsp3) is 0.600. The van der Waals surface area contributed by atoms with Gasteiger partial charge in [-0.25, -0.2) is 5.01 Å². The molecule has 4 aliphatic rings. The number of allylic oxidation sites excluding steroid dienone is 9. The monoisotopic (exact) mass is 494 g/mol. The van der Waals surface area contributed by atoms with Crippen LogP contribution in [-0.4, -0.2) is 30.8 Å². The van der Waals surface area contributed by atoms with Crippen molar-refractivity contribution in [3.05, 3.63) is 69.9 Å². The minimum atomic E-state index is 0.0685. The quantitative estimate of drug-likeness (QED) is 0.173. The molecule has 3 atom stereocenters. The van der Waals surface area contributed by atoms with Crippen molar-refractivity contribution in [1.29, 1.82) is 0 Å². The molecule has 4 N–H and O–H groups in total. The Morgan fingerprint density at radius 2 is 1.89 bits per heavy atom. The largest absolute Gasteiger partial charge is 0.402 e. The first-order valence-corrected chi connectivity index (χ1v) is 14.0. The lowest BCUT2D eigenvalue weighted by Crippen LogP contribution is -2.58. The van der Waals surface area contributed by atoms with E-state index in [0.29, 0.717) is 5.92 Å². The lowest BCUT2D eigenvalue weighted by molar-refractivity contribution is 0.0818. The molecule has 1 saturated carbocycles. The molecule has 0 amide bonds. The van der Waals surface area contributed by atoms with Crippen molar-refractivity contribution in [1.82, 2.24) is 15.8 Å². The molecule has 2 unspecified atom stereocenters. The summed E-state index contributed by atoms with van der Waals surface area (Å²) in [5.41, 5.74) is 15.4. The Balaban J connectivity index is 1.39. The Bertz CT molecular complexity index is 955. The van der Waals surface area contributed by atoms with Crippen LogP contribution in [0.4, 0.5) is 0 Å². The molecule has 4 rings (SSSR count). The Kier molecular flexibility index (Phi) is 8.85. The van der Waals surface area contributed by atoms with Crippen molar-refractivity contribution >= 4 is 12.6 Å². The van der Waals surface area contributed by atoms with Gasteiger partial charge >= 0.3 is 0 Å². The average Bonchev–Trinajstić information content (AvgIpc) is 2.87. The second kappa shape index (κ2) is 11.7. The van der Waals surface area contributed by atoms with Crippen LogP contribution in [0.5, 0.6) is 0 Å². The second-order valence-electron chi connectivity index (χ2n) is 11.5. The first-order valence-electron chi connectivity index (χ1n) is 13.6. The predicted molar refractivity (Wildman–Crippen MR) is 153 cm³/mol. The van der Waals surface area contributed by atoms with E-state index < -0.39 is 0 Å². The Morgan fingerprint density at radius 1 is 1.06 bits per heavy atom. The Morgan fingerprint density at radius 3 is 2.60 bits per heavy atom. The standard InChI is InChI=1S/C30H46N4S/c1-29(26-11-7-8-12-28(26)35)18-19-30(2,27(21-29)24-9-5-4-6-10-24)32-22-34(3)33-20-17-23-13-15-25(31)16-14-23/h5,8-10,12-13,15,27,32-33,35H,4,6-7,11,14,16-22,31H2,1-3H3/t27?,29-,30?/m1/s1. The number of nitrogens with one attached hydrogen (secondary N) is 2. The zero-order valence-electron chi connectivity index (χ0n) is 22.1. The molecule has 0 aromatic rings. The summed E-state index contributed by atoms with van der Waals surface area (Å²) in [5.74, 6) is 0.496.